The highest BCUT2D eigenvalue weighted by Gasteiger charge is 2.15. The lowest BCUT2D eigenvalue weighted by atomic mass is 10.1. The van der Waals surface area contributed by atoms with Gasteiger partial charge in [0.05, 0.1) is 4.90 Å². The van der Waals surface area contributed by atoms with Crippen molar-refractivity contribution in [3.05, 3.63) is 63.6 Å². The summed E-state index contributed by atoms with van der Waals surface area (Å²) in [7, 11) is -3.64. The number of sulfonamides is 1. The van der Waals surface area contributed by atoms with E-state index in [2.05, 4.69) is 4.72 Å². The molecule has 3 nitrogen and oxygen atoms in total. The SMILES string of the molecule is Cc1ccccc1CNS(=O)(=O)c1cc(Cl)cc(Cl)c1. The van der Waals surface area contributed by atoms with Gasteiger partial charge < -0.3 is 0 Å². The number of nitrogens with one attached hydrogen (secondary N) is 1. The van der Waals surface area contributed by atoms with E-state index in [0.717, 1.165) is 11.1 Å². The molecule has 0 radical (unpaired) electrons. The number of halogens is 2. The van der Waals surface area contributed by atoms with Gasteiger partial charge in [-0.3, -0.25) is 0 Å². The molecule has 0 aliphatic carbocycles. The Morgan fingerprint density at radius 2 is 1.65 bits per heavy atom. The van der Waals surface area contributed by atoms with Gasteiger partial charge in [0.15, 0.2) is 0 Å². The monoisotopic (exact) mass is 329 g/mol. The molecule has 0 aliphatic rings. The van der Waals surface area contributed by atoms with Gasteiger partial charge in [-0.05, 0) is 36.2 Å². The summed E-state index contributed by atoms with van der Waals surface area (Å²) in [5, 5.41) is 0.572. The fourth-order valence-electron chi connectivity index (χ4n) is 1.75. The average Bonchev–Trinajstić information content (AvgIpc) is 2.37. The number of aryl methyl sites for hydroxylation is 1. The Morgan fingerprint density at radius 3 is 2.25 bits per heavy atom. The van der Waals surface area contributed by atoms with Crippen LogP contribution in [0, 0.1) is 6.92 Å². The van der Waals surface area contributed by atoms with Gasteiger partial charge in [-0.25, -0.2) is 13.1 Å². The quantitative estimate of drug-likeness (QED) is 0.927. The third-order valence-electron chi connectivity index (χ3n) is 2.86. The minimum Gasteiger partial charge on any atom is -0.207 e. The highest BCUT2D eigenvalue weighted by Crippen LogP contribution is 2.22. The smallest absolute Gasteiger partial charge is 0.207 e. The topological polar surface area (TPSA) is 46.2 Å². The maximum Gasteiger partial charge on any atom is 0.240 e. The molecule has 2 aromatic carbocycles. The van der Waals surface area contributed by atoms with E-state index < -0.39 is 10.0 Å². The molecule has 0 heterocycles. The van der Waals surface area contributed by atoms with Crippen LogP contribution in [0.3, 0.4) is 0 Å². The van der Waals surface area contributed by atoms with Crippen molar-refractivity contribution < 1.29 is 8.42 Å². The largest absolute Gasteiger partial charge is 0.240 e. The van der Waals surface area contributed by atoms with Crippen molar-refractivity contribution in [3.63, 3.8) is 0 Å². The maximum absolute atomic E-state index is 12.2. The van der Waals surface area contributed by atoms with Crippen molar-refractivity contribution in [1.82, 2.24) is 4.72 Å². The van der Waals surface area contributed by atoms with Crippen molar-refractivity contribution in [1.29, 1.82) is 0 Å². The Balaban J connectivity index is 2.22. The van der Waals surface area contributed by atoms with Crippen molar-refractivity contribution >= 4 is 33.2 Å². The van der Waals surface area contributed by atoms with E-state index >= 15 is 0 Å². The first-order valence-electron chi connectivity index (χ1n) is 5.89. The summed E-state index contributed by atoms with van der Waals surface area (Å²) in [4.78, 5) is 0.0589. The van der Waals surface area contributed by atoms with Crippen molar-refractivity contribution in [2.45, 2.75) is 18.4 Å². The van der Waals surface area contributed by atoms with Crippen molar-refractivity contribution in [2.75, 3.05) is 0 Å². The highest BCUT2D eigenvalue weighted by molar-refractivity contribution is 7.89. The van der Waals surface area contributed by atoms with Gasteiger partial charge >= 0.3 is 0 Å². The molecule has 0 fully saturated rings. The van der Waals surface area contributed by atoms with E-state index in [0.29, 0.717) is 0 Å². The molecule has 0 atom stereocenters. The van der Waals surface area contributed by atoms with Crippen LogP contribution in [-0.2, 0) is 16.6 Å². The van der Waals surface area contributed by atoms with Crippen LogP contribution in [0.4, 0.5) is 0 Å². The Hall–Kier alpha value is -1.07. The second kappa shape index (κ2) is 6.14. The van der Waals surface area contributed by atoms with Gasteiger partial charge in [0.2, 0.25) is 10.0 Å². The number of rotatable bonds is 4. The number of hydrogen-bond donors (Lipinski definition) is 1. The predicted octanol–water partition coefficient (Wildman–Crippen LogP) is 3.78. The summed E-state index contributed by atoms with van der Waals surface area (Å²) in [5.74, 6) is 0. The van der Waals surface area contributed by atoms with Gasteiger partial charge in [0.25, 0.3) is 0 Å². The van der Waals surface area contributed by atoms with Crippen molar-refractivity contribution in [3.8, 4) is 0 Å². The Morgan fingerprint density at radius 1 is 1.05 bits per heavy atom. The second-order valence-corrected chi connectivity index (χ2v) is 7.00. The molecule has 0 amide bonds. The van der Waals surface area contributed by atoms with Crippen LogP contribution in [0.2, 0.25) is 10.0 Å². The molecule has 2 rings (SSSR count). The third kappa shape index (κ3) is 3.73. The molecule has 20 heavy (non-hydrogen) atoms. The first-order valence-corrected chi connectivity index (χ1v) is 8.13. The fraction of sp³-hybridized carbons (Fsp3) is 0.143. The third-order valence-corrected chi connectivity index (χ3v) is 4.68. The van der Waals surface area contributed by atoms with Gasteiger partial charge in [0.1, 0.15) is 0 Å². The summed E-state index contributed by atoms with van der Waals surface area (Å²) < 4.78 is 26.9. The lowest BCUT2D eigenvalue weighted by Crippen LogP contribution is -2.23. The molecule has 0 aromatic heterocycles. The van der Waals surface area contributed by atoms with Crippen LogP contribution in [-0.4, -0.2) is 8.42 Å². The molecule has 0 spiro atoms. The van der Waals surface area contributed by atoms with E-state index in [1.165, 1.54) is 18.2 Å². The molecule has 0 unspecified atom stereocenters. The Bertz CT molecular complexity index is 709. The molecule has 1 N–H and O–H groups in total. The average molecular weight is 330 g/mol. The summed E-state index contributed by atoms with van der Waals surface area (Å²) in [6, 6.07) is 11.8. The standard InChI is InChI=1S/C14H13Cl2NO2S/c1-10-4-2-3-5-11(10)9-17-20(18,19)14-7-12(15)6-13(16)8-14/h2-8,17H,9H2,1H3. The minimum absolute atomic E-state index is 0.0589. The fourth-order valence-corrected chi connectivity index (χ4v) is 3.48. The van der Waals surface area contributed by atoms with Crippen LogP contribution in [0.5, 0.6) is 0 Å². The zero-order chi connectivity index (χ0) is 14.8. The van der Waals surface area contributed by atoms with E-state index in [4.69, 9.17) is 23.2 Å². The lowest BCUT2D eigenvalue weighted by molar-refractivity contribution is 0.581. The first kappa shape index (κ1) is 15.3. The van der Waals surface area contributed by atoms with Crippen molar-refractivity contribution in [2.24, 2.45) is 0 Å². The summed E-state index contributed by atoms with van der Waals surface area (Å²) in [6.07, 6.45) is 0. The molecule has 6 heteroatoms. The van der Waals surface area contributed by atoms with Gasteiger partial charge in [-0.15, -0.1) is 0 Å². The summed E-state index contributed by atoms with van der Waals surface area (Å²) in [5.41, 5.74) is 1.95. The molecular formula is C14H13Cl2NO2S. The number of hydrogen-bond acceptors (Lipinski definition) is 2. The molecular weight excluding hydrogens is 317 g/mol. The second-order valence-electron chi connectivity index (χ2n) is 4.36. The predicted molar refractivity (Wildman–Crippen MR) is 81.7 cm³/mol. The number of benzene rings is 2. The minimum atomic E-state index is -3.64. The van der Waals surface area contributed by atoms with Crippen LogP contribution < -0.4 is 4.72 Å². The lowest BCUT2D eigenvalue weighted by Gasteiger charge is -2.09. The molecule has 0 bridgehead atoms. The van der Waals surface area contributed by atoms with Crippen LogP contribution >= 0.6 is 23.2 Å². The molecule has 0 saturated heterocycles. The van der Waals surface area contributed by atoms with E-state index in [1.807, 2.05) is 31.2 Å². The van der Waals surface area contributed by atoms with E-state index in [9.17, 15) is 8.42 Å². The van der Waals surface area contributed by atoms with Gasteiger partial charge in [-0.1, -0.05) is 47.5 Å². The van der Waals surface area contributed by atoms with Crippen LogP contribution in [0.15, 0.2) is 47.4 Å². The normalized spacial score (nSPS) is 11.6. The summed E-state index contributed by atoms with van der Waals surface area (Å²) in [6.45, 7) is 2.15. The zero-order valence-electron chi connectivity index (χ0n) is 10.7. The Kier molecular flexibility index (Phi) is 4.70. The molecule has 2 aromatic rings. The van der Waals surface area contributed by atoms with E-state index in [1.54, 1.807) is 0 Å². The van der Waals surface area contributed by atoms with Gasteiger partial charge in [0, 0.05) is 16.6 Å². The highest BCUT2D eigenvalue weighted by atomic mass is 35.5. The van der Waals surface area contributed by atoms with Crippen LogP contribution in [0.1, 0.15) is 11.1 Å². The molecule has 0 aliphatic heterocycles. The zero-order valence-corrected chi connectivity index (χ0v) is 13.1. The maximum atomic E-state index is 12.2. The van der Waals surface area contributed by atoms with Gasteiger partial charge in [-0.2, -0.15) is 0 Å². The summed E-state index contributed by atoms with van der Waals surface area (Å²) >= 11 is 11.6. The molecule has 106 valence electrons. The van der Waals surface area contributed by atoms with Crippen LogP contribution in [0.25, 0.3) is 0 Å². The Labute approximate surface area is 128 Å². The molecule has 0 saturated carbocycles. The van der Waals surface area contributed by atoms with E-state index in [-0.39, 0.29) is 21.5 Å². The first-order chi connectivity index (χ1) is 9.38.